The standard InChI is InChI=1S/C24H30O8/c1-12-7-9-17(27)13(2)8-10-19(30-16(5)26)24(6)22(32-24)21-20(14(3)23(28)31-21)18(11-12)29-15(4)25/h7-8,18-22H,3,9-11H2,1-2,4-6H3/b12-7-,13-8-/t18-,19+,20-,21+,22+,24+/m1/s1. The summed E-state index contributed by atoms with van der Waals surface area (Å²) in [6, 6.07) is 0. The van der Waals surface area contributed by atoms with E-state index in [4.69, 9.17) is 18.9 Å². The van der Waals surface area contributed by atoms with Crippen LogP contribution in [0.2, 0.25) is 0 Å². The molecule has 0 unspecified atom stereocenters. The number of carbonyl (C=O) groups is 4. The summed E-state index contributed by atoms with van der Waals surface area (Å²) < 4.78 is 22.7. The zero-order chi connectivity index (χ0) is 23.8. The highest BCUT2D eigenvalue weighted by atomic mass is 16.7. The normalized spacial score (nSPS) is 38.7. The predicted octanol–water partition coefficient (Wildman–Crippen LogP) is 2.75. The molecule has 0 aromatic heterocycles. The van der Waals surface area contributed by atoms with Crippen molar-refractivity contribution in [3.8, 4) is 0 Å². The van der Waals surface area contributed by atoms with Gasteiger partial charge in [-0.1, -0.05) is 24.3 Å². The summed E-state index contributed by atoms with van der Waals surface area (Å²) in [5, 5.41) is 0. The first-order valence-electron chi connectivity index (χ1n) is 10.7. The Morgan fingerprint density at radius 3 is 2.41 bits per heavy atom. The minimum atomic E-state index is -0.935. The van der Waals surface area contributed by atoms with E-state index in [1.54, 1.807) is 26.0 Å². The molecule has 0 aromatic rings. The summed E-state index contributed by atoms with van der Waals surface area (Å²) in [6.45, 7) is 11.8. The first-order chi connectivity index (χ1) is 14.9. The topological polar surface area (TPSA) is 108 Å². The number of allylic oxidation sites excluding steroid dienone is 2. The lowest BCUT2D eigenvalue weighted by molar-refractivity contribution is -0.151. The number of hydrogen-bond donors (Lipinski definition) is 0. The van der Waals surface area contributed by atoms with Gasteiger partial charge in [0, 0.05) is 38.7 Å². The quantitative estimate of drug-likeness (QED) is 0.209. The maximum Gasteiger partial charge on any atom is 0.334 e. The summed E-state index contributed by atoms with van der Waals surface area (Å²) in [5.41, 5.74) is 0.668. The Kier molecular flexibility index (Phi) is 6.74. The van der Waals surface area contributed by atoms with E-state index >= 15 is 0 Å². The largest absolute Gasteiger partial charge is 0.461 e. The average molecular weight is 446 g/mol. The highest BCUT2D eigenvalue weighted by Crippen LogP contribution is 2.50. The number of rotatable bonds is 2. The van der Waals surface area contributed by atoms with Gasteiger partial charge in [0.05, 0.1) is 5.92 Å². The zero-order valence-electron chi connectivity index (χ0n) is 19.1. The number of ether oxygens (including phenoxy) is 4. The van der Waals surface area contributed by atoms with Gasteiger partial charge in [-0.2, -0.15) is 0 Å². The molecule has 3 rings (SSSR count). The van der Waals surface area contributed by atoms with Crippen molar-refractivity contribution in [2.75, 3.05) is 0 Å². The van der Waals surface area contributed by atoms with Crippen LogP contribution in [0, 0.1) is 5.92 Å². The molecule has 0 saturated carbocycles. The molecular weight excluding hydrogens is 416 g/mol. The highest BCUT2D eigenvalue weighted by molar-refractivity contribution is 5.95. The average Bonchev–Trinajstić information content (AvgIpc) is 3.30. The third kappa shape index (κ3) is 4.85. The molecule has 0 radical (unpaired) electrons. The van der Waals surface area contributed by atoms with Crippen LogP contribution in [0.15, 0.2) is 35.5 Å². The van der Waals surface area contributed by atoms with Gasteiger partial charge in [-0.05, 0) is 26.3 Å². The molecule has 2 saturated heterocycles. The molecule has 0 N–H and O–H groups in total. The number of fused-ring (bicyclic) bond motifs is 3. The van der Waals surface area contributed by atoms with Crippen LogP contribution < -0.4 is 0 Å². The smallest absolute Gasteiger partial charge is 0.334 e. The molecule has 2 fully saturated rings. The van der Waals surface area contributed by atoms with Crippen molar-refractivity contribution < 1.29 is 38.1 Å². The monoisotopic (exact) mass is 446 g/mol. The molecule has 8 nitrogen and oxygen atoms in total. The van der Waals surface area contributed by atoms with Crippen molar-refractivity contribution in [3.63, 3.8) is 0 Å². The van der Waals surface area contributed by atoms with Gasteiger partial charge in [0.2, 0.25) is 0 Å². The Labute approximate surface area is 187 Å². The van der Waals surface area contributed by atoms with Crippen LogP contribution in [0.1, 0.15) is 53.9 Å². The van der Waals surface area contributed by atoms with Gasteiger partial charge < -0.3 is 18.9 Å². The summed E-state index contributed by atoms with van der Waals surface area (Å²) in [5.74, 6) is -2.25. The van der Waals surface area contributed by atoms with Crippen molar-refractivity contribution in [2.45, 2.75) is 83.9 Å². The van der Waals surface area contributed by atoms with Crippen molar-refractivity contribution in [3.05, 3.63) is 35.5 Å². The van der Waals surface area contributed by atoms with Crippen LogP contribution in [-0.4, -0.2) is 53.7 Å². The maximum atomic E-state index is 12.6. The molecule has 174 valence electrons. The van der Waals surface area contributed by atoms with E-state index in [-0.39, 0.29) is 24.2 Å². The van der Waals surface area contributed by atoms with Crippen LogP contribution in [-0.2, 0) is 38.1 Å². The molecule has 0 bridgehead atoms. The molecule has 0 aromatic carbocycles. The number of ketones is 1. The van der Waals surface area contributed by atoms with Crippen LogP contribution in [0.4, 0.5) is 0 Å². The molecule has 6 atom stereocenters. The highest BCUT2D eigenvalue weighted by Gasteiger charge is 2.67. The van der Waals surface area contributed by atoms with E-state index in [1.165, 1.54) is 13.8 Å². The first-order valence-corrected chi connectivity index (χ1v) is 10.7. The van der Waals surface area contributed by atoms with Crippen molar-refractivity contribution >= 4 is 23.7 Å². The van der Waals surface area contributed by atoms with Crippen LogP contribution >= 0.6 is 0 Å². The van der Waals surface area contributed by atoms with Gasteiger partial charge in [-0.25, -0.2) is 4.79 Å². The number of hydrogen-bond acceptors (Lipinski definition) is 8. The van der Waals surface area contributed by atoms with Crippen molar-refractivity contribution in [1.29, 1.82) is 0 Å². The lowest BCUT2D eigenvalue weighted by atomic mass is 9.82. The van der Waals surface area contributed by atoms with Gasteiger partial charge >= 0.3 is 17.9 Å². The Hall–Kier alpha value is -2.74. The molecule has 0 amide bonds. The molecule has 32 heavy (non-hydrogen) atoms. The van der Waals surface area contributed by atoms with E-state index in [0.29, 0.717) is 12.0 Å². The van der Waals surface area contributed by atoms with Crippen molar-refractivity contribution in [1.82, 2.24) is 0 Å². The van der Waals surface area contributed by atoms with E-state index in [9.17, 15) is 19.2 Å². The fourth-order valence-electron chi connectivity index (χ4n) is 4.47. The number of Topliss-reactive ketones (excluding diaryl/α,β-unsaturated/α-hetero) is 1. The molecule has 0 spiro atoms. The summed E-state index contributed by atoms with van der Waals surface area (Å²) in [4.78, 5) is 48.6. The molecule has 8 heteroatoms. The second-order valence-corrected chi connectivity index (χ2v) is 8.89. The minimum absolute atomic E-state index is 0.0629. The molecule has 1 aliphatic carbocycles. The lowest BCUT2D eigenvalue weighted by Crippen LogP contribution is -2.41. The number of esters is 3. The minimum Gasteiger partial charge on any atom is -0.461 e. The molecule has 2 aliphatic heterocycles. The van der Waals surface area contributed by atoms with Gasteiger partial charge in [0.1, 0.15) is 30.0 Å². The summed E-state index contributed by atoms with van der Waals surface area (Å²) in [6.07, 6.45) is 1.55. The van der Waals surface area contributed by atoms with Crippen LogP contribution in [0.25, 0.3) is 0 Å². The van der Waals surface area contributed by atoms with E-state index in [1.807, 2.05) is 6.92 Å². The lowest BCUT2D eigenvalue weighted by Gasteiger charge is -2.28. The number of epoxide rings is 1. The summed E-state index contributed by atoms with van der Waals surface area (Å²) in [7, 11) is 0. The second-order valence-electron chi connectivity index (χ2n) is 8.89. The third-order valence-corrected chi connectivity index (χ3v) is 6.35. The third-order valence-electron chi connectivity index (χ3n) is 6.35. The predicted molar refractivity (Wildman–Crippen MR) is 113 cm³/mol. The Bertz CT molecular complexity index is 913. The molecule has 3 aliphatic rings. The van der Waals surface area contributed by atoms with Gasteiger partial charge in [-0.15, -0.1) is 0 Å². The van der Waals surface area contributed by atoms with Crippen LogP contribution in [0.5, 0.6) is 0 Å². The Morgan fingerprint density at radius 2 is 1.78 bits per heavy atom. The van der Waals surface area contributed by atoms with E-state index in [2.05, 4.69) is 6.58 Å². The number of carbonyl (C=O) groups excluding carboxylic acids is 4. The van der Waals surface area contributed by atoms with Gasteiger partial charge in [-0.3, -0.25) is 14.4 Å². The SMILES string of the molecule is C=C1C(=O)O[C@H]2[C@H]1[C@H](OC(C)=O)C/C(C)=C\CC(=O)/C(C)=C\C[C@H](OC(C)=O)[C@]1(C)O[C@@H]21. The Morgan fingerprint density at radius 1 is 1.12 bits per heavy atom. The van der Waals surface area contributed by atoms with E-state index in [0.717, 1.165) is 5.57 Å². The van der Waals surface area contributed by atoms with Crippen LogP contribution in [0.3, 0.4) is 0 Å². The Balaban J connectivity index is 2.04. The zero-order valence-corrected chi connectivity index (χ0v) is 19.1. The molecule has 2 heterocycles. The maximum absolute atomic E-state index is 12.6. The molecular formula is C24H30O8. The summed E-state index contributed by atoms with van der Waals surface area (Å²) >= 11 is 0. The second kappa shape index (κ2) is 9.02. The first kappa shape index (κ1) is 23.9. The van der Waals surface area contributed by atoms with Crippen molar-refractivity contribution in [2.24, 2.45) is 5.92 Å². The fourth-order valence-corrected chi connectivity index (χ4v) is 4.47. The fraction of sp³-hybridized carbons (Fsp3) is 0.583. The van der Waals surface area contributed by atoms with Gasteiger partial charge in [0.15, 0.2) is 5.78 Å². The van der Waals surface area contributed by atoms with Gasteiger partial charge in [0.25, 0.3) is 0 Å². The van der Waals surface area contributed by atoms with E-state index < -0.39 is 53.8 Å².